The Morgan fingerprint density at radius 3 is 1.18 bits per heavy atom. The van der Waals surface area contributed by atoms with Crippen LogP contribution in [-0.4, -0.2) is 25.9 Å². The van der Waals surface area contributed by atoms with E-state index in [0.717, 1.165) is 32.3 Å². The lowest BCUT2D eigenvalue weighted by molar-refractivity contribution is -0.120. The predicted molar refractivity (Wildman–Crippen MR) is 159 cm³/mol. The van der Waals surface area contributed by atoms with E-state index in [4.69, 9.17) is 0 Å². The Hall–Kier alpha value is -3.48. The lowest BCUT2D eigenvalue weighted by Gasteiger charge is -2.22. The first-order chi connectivity index (χ1) is 18.3. The molecule has 4 aromatic rings. The highest BCUT2D eigenvalue weighted by molar-refractivity contribution is 8.01. The third-order valence-electron chi connectivity index (χ3n) is 7.11. The van der Waals surface area contributed by atoms with E-state index in [2.05, 4.69) is 0 Å². The molecule has 2 atom stereocenters. The van der Waals surface area contributed by atoms with Crippen LogP contribution in [0.5, 0.6) is 0 Å². The minimum atomic E-state index is -0.535. The Kier molecular flexibility index (Phi) is 7.12. The van der Waals surface area contributed by atoms with Crippen molar-refractivity contribution in [1.82, 2.24) is 0 Å². The molecule has 2 heterocycles. The normalized spacial score (nSPS) is 21.6. The Morgan fingerprint density at radius 1 is 0.500 bits per heavy atom. The Balaban J connectivity index is 0.000000155. The van der Waals surface area contributed by atoms with Gasteiger partial charge in [0.15, 0.2) is 0 Å². The third-order valence-corrected chi connectivity index (χ3v) is 9.74. The van der Waals surface area contributed by atoms with Crippen LogP contribution in [0.15, 0.2) is 119 Å². The number of amides is 2. The molecule has 0 unspecified atom stereocenters. The fraction of sp³-hybridized carbons (Fsp3) is 0.188. The maximum Gasteiger partial charge on any atom is 0.247 e. The molecule has 0 saturated heterocycles. The van der Waals surface area contributed by atoms with Crippen LogP contribution in [0.4, 0.5) is 11.4 Å². The van der Waals surface area contributed by atoms with Crippen LogP contribution in [0.2, 0.25) is 0 Å². The first kappa shape index (κ1) is 26.1. The average Bonchev–Trinajstić information content (AvgIpc) is 3.26. The van der Waals surface area contributed by atoms with Crippen LogP contribution in [0.25, 0.3) is 0 Å². The van der Waals surface area contributed by atoms with E-state index in [9.17, 15) is 9.59 Å². The van der Waals surface area contributed by atoms with Crippen molar-refractivity contribution in [2.24, 2.45) is 0 Å². The quantitative estimate of drug-likeness (QED) is 0.273. The highest BCUT2D eigenvalue weighted by atomic mass is 32.2. The van der Waals surface area contributed by atoms with Crippen LogP contribution in [0, 0.1) is 0 Å². The number of thioether (sulfide) groups is 2. The predicted octanol–water partition coefficient (Wildman–Crippen LogP) is 7.34. The van der Waals surface area contributed by atoms with Crippen molar-refractivity contribution in [3.8, 4) is 0 Å². The van der Waals surface area contributed by atoms with Crippen molar-refractivity contribution in [3.63, 3.8) is 0 Å². The Labute approximate surface area is 233 Å². The van der Waals surface area contributed by atoms with E-state index in [0.29, 0.717) is 0 Å². The minimum Gasteiger partial charge on any atom is -0.314 e. The minimum absolute atomic E-state index is 0.141. The van der Waals surface area contributed by atoms with Gasteiger partial charge in [0.05, 0.1) is 0 Å². The van der Waals surface area contributed by atoms with Crippen molar-refractivity contribution < 1.29 is 9.59 Å². The summed E-state index contributed by atoms with van der Waals surface area (Å²) in [7, 11) is 3.69. The number of likely N-dealkylation sites (N-methyl/N-ethyl adjacent to an activating group) is 2. The van der Waals surface area contributed by atoms with E-state index >= 15 is 0 Å². The van der Waals surface area contributed by atoms with Gasteiger partial charge < -0.3 is 9.80 Å². The third kappa shape index (κ3) is 4.52. The number of fused-ring (bicyclic) bond motifs is 2. The van der Waals surface area contributed by atoms with Crippen molar-refractivity contribution in [2.45, 2.75) is 33.1 Å². The number of hydrogen-bond acceptors (Lipinski definition) is 4. The number of carbonyl (C=O) groups is 2. The molecule has 0 saturated carbocycles. The SMILES string of the molecule is CN1C(=O)[C@@](C)(Sc2ccccc2)c2ccccc21.CN1C(=O)[C@@](C)(Sc2ccccc2)c2ccccc21. The number of carbonyl (C=O) groups excluding carboxylic acids is 2. The van der Waals surface area contributed by atoms with Gasteiger partial charge in [0.1, 0.15) is 9.49 Å². The van der Waals surface area contributed by atoms with Gasteiger partial charge in [-0.1, -0.05) is 72.8 Å². The smallest absolute Gasteiger partial charge is 0.247 e. The van der Waals surface area contributed by atoms with Gasteiger partial charge in [-0.3, -0.25) is 9.59 Å². The van der Waals surface area contributed by atoms with Gasteiger partial charge in [-0.15, -0.1) is 23.5 Å². The van der Waals surface area contributed by atoms with Crippen LogP contribution in [0.3, 0.4) is 0 Å². The molecule has 2 aliphatic heterocycles. The monoisotopic (exact) mass is 538 g/mol. The van der Waals surface area contributed by atoms with Crippen molar-refractivity contribution >= 4 is 46.7 Å². The Morgan fingerprint density at radius 2 is 0.816 bits per heavy atom. The lowest BCUT2D eigenvalue weighted by Crippen LogP contribution is -2.33. The largest absolute Gasteiger partial charge is 0.314 e. The van der Waals surface area contributed by atoms with E-state index in [1.54, 1.807) is 33.3 Å². The summed E-state index contributed by atoms with van der Waals surface area (Å²) in [5, 5.41) is 0. The second-order valence-corrected chi connectivity index (χ2v) is 12.6. The summed E-state index contributed by atoms with van der Waals surface area (Å²) in [6.45, 7) is 4.02. The van der Waals surface area contributed by atoms with Crippen molar-refractivity contribution in [2.75, 3.05) is 23.9 Å². The topological polar surface area (TPSA) is 40.6 Å². The highest BCUT2D eigenvalue weighted by Gasteiger charge is 2.47. The van der Waals surface area contributed by atoms with E-state index in [1.807, 2.05) is 137 Å². The summed E-state index contributed by atoms with van der Waals surface area (Å²) in [6.07, 6.45) is 0. The molecule has 192 valence electrons. The number of nitrogens with zero attached hydrogens (tertiary/aromatic N) is 2. The molecule has 0 spiro atoms. The number of para-hydroxylation sites is 2. The fourth-order valence-electron chi connectivity index (χ4n) is 5.07. The number of benzene rings is 4. The van der Waals surface area contributed by atoms with Gasteiger partial charge in [0, 0.05) is 46.4 Å². The van der Waals surface area contributed by atoms with E-state index in [-0.39, 0.29) is 11.8 Å². The molecule has 4 aromatic carbocycles. The van der Waals surface area contributed by atoms with Crippen molar-refractivity contribution in [3.05, 3.63) is 120 Å². The summed E-state index contributed by atoms with van der Waals surface area (Å²) in [4.78, 5) is 30.9. The molecule has 6 rings (SSSR count). The first-order valence-corrected chi connectivity index (χ1v) is 14.1. The maximum absolute atomic E-state index is 12.6. The van der Waals surface area contributed by atoms with Gasteiger partial charge in [-0.2, -0.15) is 0 Å². The van der Waals surface area contributed by atoms with Gasteiger partial charge in [-0.25, -0.2) is 0 Å². The average molecular weight is 539 g/mol. The number of hydrogen-bond donors (Lipinski definition) is 0. The lowest BCUT2D eigenvalue weighted by atomic mass is 10.0. The zero-order chi connectivity index (χ0) is 26.9. The molecule has 2 amide bonds. The highest BCUT2D eigenvalue weighted by Crippen LogP contribution is 2.51. The summed E-state index contributed by atoms with van der Waals surface area (Å²) in [5.74, 6) is 0.283. The zero-order valence-electron chi connectivity index (χ0n) is 21.9. The van der Waals surface area contributed by atoms with Gasteiger partial charge in [-0.05, 0) is 50.2 Å². The summed E-state index contributed by atoms with van der Waals surface area (Å²) in [6, 6.07) is 36.2. The zero-order valence-corrected chi connectivity index (χ0v) is 23.6. The van der Waals surface area contributed by atoms with Crippen LogP contribution >= 0.6 is 23.5 Å². The molecule has 0 fully saturated rings. The van der Waals surface area contributed by atoms with E-state index in [1.165, 1.54) is 0 Å². The van der Waals surface area contributed by atoms with Gasteiger partial charge >= 0.3 is 0 Å². The molecule has 38 heavy (non-hydrogen) atoms. The molecule has 2 aliphatic rings. The van der Waals surface area contributed by atoms with Crippen LogP contribution in [-0.2, 0) is 19.1 Å². The number of rotatable bonds is 4. The molecule has 6 heteroatoms. The summed E-state index contributed by atoms with van der Waals surface area (Å²) < 4.78 is -1.07. The first-order valence-electron chi connectivity index (χ1n) is 12.5. The molecule has 4 nitrogen and oxygen atoms in total. The number of anilines is 2. The molecular weight excluding hydrogens is 508 g/mol. The molecule has 0 N–H and O–H groups in total. The summed E-state index contributed by atoms with van der Waals surface area (Å²) >= 11 is 3.23. The second-order valence-electron chi connectivity index (χ2n) is 9.66. The molecular formula is C32H30N2O2S2. The van der Waals surface area contributed by atoms with Gasteiger partial charge in [0.25, 0.3) is 0 Å². The van der Waals surface area contributed by atoms with E-state index < -0.39 is 9.49 Å². The standard InChI is InChI=1S/2C16H15NOS/c2*1-16(19-12-8-4-3-5-9-12)13-10-6-7-11-14(13)17(2)15(16)18/h2*3-11H,1-2H3/t2*16-/m00/s1. The fourth-order valence-corrected chi connectivity index (χ4v) is 7.62. The van der Waals surface area contributed by atoms with Crippen LogP contribution in [0.1, 0.15) is 25.0 Å². The molecule has 0 bridgehead atoms. The van der Waals surface area contributed by atoms with Gasteiger partial charge in [0.2, 0.25) is 11.8 Å². The maximum atomic E-state index is 12.6. The Bertz CT molecular complexity index is 1360. The summed E-state index contributed by atoms with van der Waals surface area (Å²) in [5.41, 5.74) is 4.21. The molecule has 0 radical (unpaired) electrons. The second kappa shape index (κ2) is 10.4. The van der Waals surface area contributed by atoms with Crippen molar-refractivity contribution in [1.29, 1.82) is 0 Å². The van der Waals surface area contributed by atoms with Crippen LogP contribution < -0.4 is 9.80 Å². The molecule has 0 aliphatic carbocycles. The molecule has 0 aromatic heterocycles.